The minimum Gasteiger partial charge on any atom is -0.368 e. The normalized spacial score (nSPS) is 21.0. The Balaban J connectivity index is 1.94. The van der Waals surface area contributed by atoms with Crippen LogP contribution >= 0.6 is 0 Å². The number of hydrogen-bond acceptors (Lipinski definition) is 4. The van der Waals surface area contributed by atoms with Crippen LogP contribution in [0, 0.1) is 12.8 Å². The zero-order valence-electron chi connectivity index (χ0n) is 13.7. The maximum absolute atomic E-state index is 12.3. The van der Waals surface area contributed by atoms with E-state index >= 15 is 0 Å². The Kier molecular flexibility index (Phi) is 5.78. The highest BCUT2D eigenvalue weighted by Gasteiger charge is 2.27. The van der Waals surface area contributed by atoms with Gasteiger partial charge in [-0.3, -0.25) is 9.69 Å². The number of nitrogens with two attached hydrogens (primary N) is 1. The summed E-state index contributed by atoms with van der Waals surface area (Å²) in [6, 6.07) is 6.48. The lowest BCUT2D eigenvalue weighted by Gasteiger charge is -2.35. The van der Waals surface area contributed by atoms with Crippen LogP contribution in [0.15, 0.2) is 29.2 Å². The Morgan fingerprint density at radius 1 is 1.39 bits per heavy atom. The standard InChI is InChI=1S/C16H25N3O3S/c1-12-5-7-15(8-6-12)23(21,22)18-10-14-4-3-9-19(11-14)13(2)16(17)20/h5-8,13-14,18H,3-4,9-11H2,1-2H3,(H2,17,20). The van der Waals surface area contributed by atoms with E-state index in [-0.39, 0.29) is 22.8 Å². The Morgan fingerprint density at radius 3 is 2.65 bits per heavy atom. The predicted molar refractivity (Wildman–Crippen MR) is 89.3 cm³/mol. The zero-order valence-corrected chi connectivity index (χ0v) is 14.5. The molecule has 1 aromatic rings. The second kappa shape index (κ2) is 7.42. The van der Waals surface area contributed by atoms with Crippen molar-refractivity contribution in [3.05, 3.63) is 29.8 Å². The fourth-order valence-electron chi connectivity index (χ4n) is 2.82. The zero-order chi connectivity index (χ0) is 17.0. The van der Waals surface area contributed by atoms with Gasteiger partial charge in [-0.15, -0.1) is 0 Å². The smallest absolute Gasteiger partial charge is 0.240 e. The minimum atomic E-state index is -3.49. The second-order valence-electron chi connectivity index (χ2n) is 6.25. The first-order valence-electron chi connectivity index (χ1n) is 7.89. The van der Waals surface area contributed by atoms with Crippen molar-refractivity contribution in [2.75, 3.05) is 19.6 Å². The summed E-state index contributed by atoms with van der Waals surface area (Å²) in [5.41, 5.74) is 6.37. The van der Waals surface area contributed by atoms with Crippen molar-refractivity contribution in [2.45, 2.75) is 37.6 Å². The number of hydrogen-bond donors (Lipinski definition) is 2. The summed E-state index contributed by atoms with van der Waals surface area (Å²) >= 11 is 0. The van der Waals surface area contributed by atoms with Crippen LogP contribution in [-0.4, -0.2) is 44.9 Å². The van der Waals surface area contributed by atoms with E-state index < -0.39 is 10.0 Å². The van der Waals surface area contributed by atoms with E-state index in [1.807, 2.05) is 11.8 Å². The molecule has 0 radical (unpaired) electrons. The monoisotopic (exact) mass is 339 g/mol. The molecule has 0 aliphatic carbocycles. The predicted octanol–water partition coefficient (Wildman–Crippen LogP) is 0.859. The highest BCUT2D eigenvalue weighted by Crippen LogP contribution is 2.19. The highest BCUT2D eigenvalue weighted by atomic mass is 32.2. The van der Waals surface area contributed by atoms with Gasteiger partial charge in [0, 0.05) is 13.1 Å². The van der Waals surface area contributed by atoms with Gasteiger partial charge in [-0.25, -0.2) is 13.1 Å². The number of rotatable bonds is 6. The number of aryl methyl sites for hydroxylation is 1. The lowest BCUT2D eigenvalue weighted by atomic mass is 9.97. The fourth-order valence-corrected chi connectivity index (χ4v) is 3.94. The molecule has 2 unspecified atom stereocenters. The molecule has 1 fully saturated rings. The third-order valence-electron chi connectivity index (χ3n) is 4.40. The third kappa shape index (κ3) is 4.76. The number of sulfonamides is 1. The molecule has 1 amide bonds. The van der Waals surface area contributed by atoms with E-state index in [4.69, 9.17) is 5.73 Å². The van der Waals surface area contributed by atoms with Gasteiger partial charge in [0.25, 0.3) is 0 Å². The van der Waals surface area contributed by atoms with E-state index in [2.05, 4.69) is 4.72 Å². The number of nitrogens with zero attached hydrogens (tertiary/aromatic N) is 1. The van der Waals surface area contributed by atoms with Gasteiger partial charge in [0.2, 0.25) is 15.9 Å². The van der Waals surface area contributed by atoms with Gasteiger partial charge in [-0.1, -0.05) is 17.7 Å². The molecular formula is C16H25N3O3S. The van der Waals surface area contributed by atoms with Crippen molar-refractivity contribution in [3.8, 4) is 0 Å². The summed E-state index contributed by atoms with van der Waals surface area (Å²) in [5, 5.41) is 0. The molecule has 2 atom stereocenters. The van der Waals surface area contributed by atoms with Crippen molar-refractivity contribution in [2.24, 2.45) is 11.7 Å². The third-order valence-corrected chi connectivity index (χ3v) is 5.84. The van der Waals surface area contributed by atoms with Crippen molar-refractivity contribution in [1.82, 2.24) is 9.62 Å². The van der Waals surface area contributed by atoms with E-state index in [1.165, 1.54) is 0 Å². The molecule has 2 rings (SSSR count). The summed E-state index contributed by atoms with van der Waals surface area (Å²) in [4.78, 5) is 13.6. The van der Waals surface area contributed by atoms with Crippen LogP contribution < -0.4 is 10.5 Å². The van der Waals surface area contributed by atoms with E-state index in [1.54, 1.807) is 31.2 Å². The molecular weight excluding hydrogens is 314 g/mol. The summed E-state index contributed by atoms with van der Waals surface area (Å²) in [5.74, 6) is -0.156. The van der Waals surface area contributed by atoms with Gasteiger partial charge in [-0.05, 0) is 51.3 Å². The molecule has 0 spiro atoms. The average molecular weight is 339 g/mol. The maximum atomic E-state index is 12.3. The topological polar surface area (TPSA) is 92.5 Å². The summed E-state index contributed by atoms with van der Waals surface area (Å²) < 4.78 is 27.3. The Labute approximate surface area is 138 Å². The molecule has 1 heterocycles. The van der Waals surface area contributed by atoms with Gasteiger partial charge in [0.05, 0.1) is 10.9 Å². The van der Waals surface area contributed by atoms with E-state index in [0.717, 1.165) is 24.9 Å². The number of likely N-dealkylation sites (tertiary alicyclic amines) is 1. The van der Waals surface area contributed by atoms with Crippen LogP contribution in [0.25, 0.3) is 0 Å². The molecule has 3 N–H and O–H groups in total. The van der Waals surface area contributed by atoms with Crippen LogP contribution in [0.5, 0.6) is 0 Å². The first-order chi connectivity index (χ1) is 10.8. The SMILES string of the molecule is Cc1ccc(S(=O)(=O)NCC2CCCN(C(C)C(N)=O)C2)cc1. The summed E-state index contributed by atoms with van der Waals surface area (Å²) in [6.07, 6.45) is 1.88. The molecule has 0 bridgehead atoms. The fraction of sp³-hybridized carbons (Fsp3) is 0.562. The van der Waals surface area contributed by atoms with Crippen LogP contribution in [0.2, 0.25) is 0 Å². The van der Waals surface area contributed by atoms with Crippen LogP contribution in [-0.2, 0) is 14.8 Å². The van der Waals surface area contributed by atoms with Gasteiger partial charge in [0.1, 0.15) is 0 Å². The van der Waals surface area contributed by atoms with Crippen molar-refractivity contribution >= 4 is 15.9 Å². The number of carbonyl (C=O) groups excluding carboxylic acids is 1. The minimum absolute atomic E-state index is 0.186. The quantitative estimate of drug-likeness (QED) is 0.804. The average Bonchev–Trinajstić information content (AvgIpc) is 2.53. The Hall–Kier alpha value is -1.44. The van der Waals surface area contributed by atoms with Gasteiger partial charge in [-0.2, -0.15) is 0 Å². The molecule has 23 heavy (non-hydrogen) atoms. The van der Waals surface area contributed by atoms with Gasteiger partial charge >= 0.3 is 0 Å². The van der Waals surface area contributed by atoms with Crippen LogP contribution in [0.1, 0.15) is 25.3 Å². The molecule has 0 aromatic heterocycles. The number of piperidine rings is 1. The second-order valence-corrected chi connectivity index (χ2v) is 8.01. The van der Waals surface area contributed by atoms with Crippen molar-refractivity contribution in [3.63, 3.8) is 0 Å². The number of nitrogens with one attached hydrogen (secondary N) is 1. The molecule has 1 aliphatic heterocycles. The first-order valence-corrected chi connectivity index (χ1v) is 9.37. The van der Waals surface area contributed by atoms with E-state index in [0.29, 0.717) is 13.1 Å². The lowest BCUT2D eigenvalue weighted by molar-refractivity contribution is -0.123. The number of carbonyl (C=O) groups is 1. The van der Waals surface area contributed by atoms with Crippen molar-refractivity contribution in [1.29, 1.82) is 0 Å². The van der Waals surface area contributed by atoms with E-state index in [9.17, 15) is 13.2 Å². The van der Waals surface area contributed by atoms with Crippen LogP contribution in [0.3, 0.4) is 0 Å². The molecule has 1 saturated heterocycles. The van der Waals surface area contributed by atoms with Crippen LogP contribution in [0.4, 0.5) is 0 Å². The summed E-state index contributed by atoms with van der Waals surface area (Å²) in [7, 11) is -3.49. The number of primary amides is 1. The largest absolute Gasteiger partial charge is 0.368 e. The Morgan fingerprint density at radius 2 is 2.04 bits per heavy atom. The molecule has 0 saturated carbocycles. The number of benzene rings is 1. The Bertz CT molecular complexity index is 643. The molecule has 1 aliphatic rings. The van der Waals surface area contributed by atoms with Gasteiger partial charge < -0.3 is 5.73 Å². The van der Waals surface area contributed by atoms with Crippen molar-refractivity contribution < 1.29 is 13.2 Å². The van der Waals surface area contributed by atoms with Gasteiger partial charge in [0.15, 0.2) is 0 Å². The maximum Gasteiger partial charge on any atom is 0.240 e. The molecule has 6 nitrogen and oxygen atoms in total. The summed E-state index contributed by atoms with van der Waals surface area (Å²) in [6.45, 7) is 5.59. The first kappa shape index (κ1) is 17.9. The molecule has 1 aromatic carbocycles. The number of amides is 1. The molecule has 128 valence electrons. The highest BCUT2D eigenvalue weighted by molar-refractivity contribution is 7.89. The lowest BCUT2D eigenvalue weighted by Crippen LogP contribution is -2.49. The molecule has 7 heteroatoms.